The molecule has 7 nitrogen and oxygen atoms in total. The van der Waals surface area contributed by atoms with Crippen LogP contribution in [0.4, 0.5) is 5.82 Å². The molecule has 32 heavy (non-hydrogen) atoms. The SMILES string of the molecule is C=CC(=O)N1CCN(c2nc(OC)nc3c2COC(c2cccc4ccccc24)C3)CC1. The quantitative estimate of drug-likeness (QED) is 0.592. The lowest BCUT2D eigenvalue weighted by Gasteiger charge is -2.37. The van der Waals surface area contributed by atoms with Crippen molar-refractivity contribution in [1.82, 2.24) is 14.9 Å². The normalized spacial score (nSPS) is 18.3. The minimum atomic E-state index is -0.0804. The van der Waals surface area contributed by atoms with Crippen LogP contribution in [0.2, 0.25) is 0 Å². The van der Waals surface area contributed by atoms with Gasteiger partial charge in [-0.3, -0.25) is 4.79 Å². The number of piperazine rings is 1. The lowest BCUT2D eigenvalue weighted by Crippen LogP contribution is -2.49. The first kappa shape index (κ1) is 20.5. The highest BCUT2D eigenvalue weighted by atomic mass is 16.5. The number of carbonyl (C=O) groups excluding carboxylic acids is 1. The van der Waals surface area contributed by atoms with Gasteiger partial charge in [0.15, 0.2) is 0 Å². The molecule has 164 valence electrons. The summed E-state index contributed by atoms with van der Waals surface area (Å²) in [6.07, 6.45) is 1.94. The Morgan fingerprint density at radius 2 is 1.91 bits per heavy atom. The van der Waals surface area contributed by atoms with Crippen molar-refractivity contribution >= 4 is 22.5 Å². The summed E-state index contributed by atoms with van der Waals surface area (Å²) in [5.74, 6) is 0.808. The van der Waals surface area contributed by atoms with Crippen LogP contribution in [0.25, 0.3) is 10.8 Å². The van der Waals surface area contributed by atoms with E-state index in [1.807, 2.05) is 0 Å². The smallest absolute Gasteiger partial charge is 0.318 e. The van der Waals surface area contributed by atoms with Crippen LogP contribution < -0.4 is 9.64 Å². The maximum atomic E-state index is 11.9. The number of carbonyl (C=O) groups is 1. The van der Waals surface area contributed by atoms with Crippen LogP contribution in [0.3, 0.4) is 0 Å². The van der Waals surface area contributed by atoms with E-state index in [-0.39, 0.29) is 12.0 Å². The first-order chi connectivity index (χ1) is 15.7. The lowest BCUT2D eigenvalue weighted by atomic mass is 9.94. The zero-order valence-electron chi connectivity index (χ0n) is 18.2. The first-order valence-electron chi connectivity index (χ1n) is 10.9. The topological polar surface area (TPSA) is 67.8 Å². The molecule has 2 aliphatic rings. The van der Waals surface area contributed by atoms with Gasteiger partial charge in [-0.2, -0.15) is 9.97 Å². The fourth-order valence-corrected chi connectivity index (χ4v) is 4.58. The highest BCUT2D eigenvalue weighted by Gasteiger charge is 2.30. The molecular weight excluding hydrogens is 404 g/mol. The van der Waals surface area contributed by atoms with Crippen molar-refractivity contribution in [2.75, 3.05) is 38.2 Å². The van der Waals surface area contributed by atoms with Crippen molar-refractivity contribution in [2.24, 2.45) is 0 Å². The molecule has 1 saturated heterocycles. The number of hydrogen-bond acceptors (Lipinski definition) is 6. The zero-order chi connectivity index (χ0) is 22.1. The predicted molar refractivity (Wildman–Crippen MR) is 123 cm³/mol. The Kier molecular flexibility index (Phi) is 5.49. The number of fused-ring (bicyclic) bond motifs is 2. The number of hydrogen-bond donors (Lipinski definition) is 0. The summed E-state index contributed by atoms with van der Waals surface area (Å²) in [6.45, 7) is 6.67. The summed E-state index contributed by atoms with van der Waals surface area (Å²) in [4.78, 5) is 25.3. The molecule has 0 spiro atoms. The summed E-state index contributed by atoms with van der Waals surface area (Å²) in [5.41, 5.74) is 3.14. The molecule has 2 aromatic carbocycles. The third-order valence-corrected chi connectivity index (χ3v) is 6.28. The van der Waals surface area contributed by atoms with Crippen LogP contribution in [-0.4, -0.2) is 54.1 Å². The van der Waals surface area contributed by atoms with E-state index in [2.05, 4.69) is 63.9 Å². The fraction of sp³-hybridized carbons (Fsp3) is 0.320. The van der Waals surface area contributed by atoms with Crippen LogP contribution in [0.5, 0.6) is 6.01 Å². The van der Waals surface area contributed by atoms with Crippen molar-refractivity contribution in [1.29, 1.82) is 0 Å². The van der Waals surface area contributed by atoms with Gasteiger partial charge >= 0.3 is 6.01 Å². The second-order valence-corrected chi connectivity index (χ2v) is 8.05. The second-order valence-electron chi connectivity index (χ2n) is 8.05. The number of aromatic nitrogens is 2. The van der Waals surface area contributed by atoms with Crippen LogP contribution in [0.15, 0.2) is 55.1 Å². The largest absolute Gasteiger partial charge is 0.467 e. The molecule has 0 radical (unpaired) electrons. The average molecular weight is 431 g/mol. The summed E-state index contributed by atoms with van der Waals surface area (Å²) < 4.78 is 11.8. The van der Waals surface area contributed by atoms with Crippen molar-refractivity contribution in [3.8, 4) is 6.01 Å². The highest BCUT2D eigenvalue weighted by molar-refractivity contribution is 5.87. The van der Waals surface area contributed by atoms with Gasteiger partial charge in [0.1, 0.15) is 5.82 Å². The van der Waals surface area contributed by atoms with E-state index >= 15 is 0 Å². The Labute approximate surface area is 187 Å². The van der Waals surface area contributed by atoms with Crippen molar-refractivity contribution in [3.05, 3.63) is 71.9 Å². The number of methoxy groups -OCH3 is 1. The molecule has 7 heteroatoms. The average Bonchev–Trinajstić information content (AvgIpc) is 2.87. The number of ether oxygens (including phenoxy) is 2. The molecule has 0 bridgehead atoms. The van der Waals surface area contributed by atoms with E-state index < -0.39 is 0 Å². The standard InChI is InChI=1S/C25H26N4O3/c1-3-23(30)28-11-13-29(14-12-28)24-20-16-32-22(15-21(20)26-25(27-24)31-2)19-10-6-8-17-7-4-5-9-18(17)19/h3-10,22H,1,11-16H2,2H3. The molecule has 3 heterocycles. The number of benzene rings is 2. The number of nitrogens with zero attached hydrogens (tertiary/aromatic N) is 4. The van der Waals surface area contributed by atoms with E-state index in [1.54, 1.807) is 12.0 Å². The van der Waals surface area contributed by atoms with Gasteiger partial charge in [0.25, 0.3) is 0 Å². The van der Waals surface area contributed by atoms with E-state index in [4.69, 9.17) is 9.47 Å². The van der Waals surface area contributed by atoms with E-state index in [1.165, 1.54) is 22.4 Å². The molecule has 0 N–H and O–H groups in total. The van der Waals surface area contributed by atoms with Gasteiger partial charge in [-0.15, -0.1) is 0 Å². The Balaban J connectivity index is 1.44. The van der Waals surface area contributed by atoms with Gasteiger partial charge in [0.2, 0.25) is 5.91 Å². The maximum Gasteiger partial charge on any atom is 0.318 e. The molecule has 1 amide bonds. The number of amides is 1. The van der Waals surface area contributed by atoms with Gasteiger partial charge in [0, 0.05) is 38.2 Å². The minimum absolute atomic E-state index is 0.0341. The molecular formula is C25H26N4O3. The molecule has 1 atom stereocenters. The molecule has 0 saturated carbocycles. The molecule has 3 aromatic rings. The van der Waals surface area contributed by atoms with Gasteiger partial charge in [-0.05, 0) is 22.4 Å². The van der Waals surface area contributed by atoms with Crippen LogP contribution in [-0.2, 0) is 22.6 Å². The second kappa shape index (κ2) is 8.59. The summed E-state index contributed by atoms with van der Waals surface area (Å²) in [6, 6.07) is 15.1. The zero-order valence-corrected chi connectivity index (χ0v) is 18.2. The first-order valence-corrected chi connectivity index (χ1v) is 10.9. The molecule has 1 aromatic heterocycles. The van der Waals surface area contributed by atoms with E-state index in [0.29, 0.717) is 45.2 Å². The molecule has 1 unspecified atom stereocenters. The van der Waals surface area contributed by atoms with Gasteiger partial charge in [-0.1, -0.05) is 49.0 Å². The molecule has 0 aliphatic carbocycles. The minimum Gasteiger partial charge on any atom is -0.467 e. The Morgan fingerprint density at radius 3 is 2.69 bits per heavy atom. The van der Waals surface area contributed by atoms with E-state index in [0.717, 1.165) is 17.1 Å². The monoisotopic (exact) mass is 430 g/mol. The van der Waals surface area contributed by atoms with Crippen molar-refractivity contribution < 1.29 is 14.3 Å². The number of anilines is 1. The summed E-state index contributed by atoms with van der Waals surface area (Å²) in [7, 11) is 1.59. The Morgan fingerprint density at radius 1 is 1.12 bits per heavy atom. The molecule has 5 rings (SSSR count). The van der Waals surface area contributed by atoms with Crippen LogP contribution in [0, 0.1) is 0 Å². The van der Waals surface area contributed by atoms with Gasteiger partial charge < -0.3 is 19.3 Å². The fourth-order valence-electron chi connectivity index (χ4n) is 4.58. The van der Waals surface area contributed by atoms with Crippen LogP contribution >= 0.6 is 0 Å². The van der Waals surface area contributed by atoms with Crippen molar-refractivity contribution in [2.45, 2.75) is 19.1 Å². The van der Waals surface area contributed by atoms with E-state index in [9.17, 15) is 4.79 Å². The van der Waals surface area contributed by atoms with Gasteiger partial charge in [-0.25, -0.2) is 0 Å². The van der Waals surface area contributed by atoms with Crippen molar-refractivity contribution in [3.63, 3.8) is 0 Å². The predicted octanol–water partition coefficient (Wildman–Crippen LogP) is 3.29. The third kappa shape index (κ3) is 3.69. The third-order valence-electron chi connectivity index (χ3n) is 6.28. The number of rotatable bonds is 4. The van der Waals surface area contributed by atoms with Crippen LogP contribution in [0.1, 0.15) is 22.9 Å². The molecule has 2 aliphatic heterocycles. The Hall–Kier alpha value is -3.45. The highest BCUT2D eigenvalue weighted by Crippen LogP contribution is 2.37. The Bertz CT molecular complexity index is 1170. The lowest BCUT2D eigenvalue weighted by molar-refractivity contribution is -0.126. The summed E-state index contributed by atoms with van der Waals surface area (Å²) in [5, 5.41) is 2.40. The van der Waals surface area contributed by atoms with Gasteiger partial charge in [0.05, 0.1) is 25.5 Å². The molecule has 1 fully saturated rings. The summed E-state index contributed by atoms with van der Waals surface area (Å²) >= 11 is 0. The maximum absolute atomic E-state index is 11.9.